The number of hydrogen-bond acceptors (Lipinski definition) is 3. The first-order valence-corrected chi connectivity index (χ1v) is 6.66. The van der Waals surface area contributed by atoms with Crippen LogP contribution in [0.1, 0.15) is 16.8 Å². The quantitative estimate of drug-likeness (QED) is 0.537. The molecular formula is C13H19NOS. The van der Waals surface area contributed by atoms with Gasteiger partial charge in [0.05, 0.1) is 5.75 Å². The minimum absolute atomic E-state index is 0.232. The summed E-state index contributed by atoms with van der Waals surface area (Å²) in [5.41, 5.74) is 0.822. The Morgan fingerprint density at radius 3 is 2.56 bits per heavy atom. The number of hydrogen-bond donors (Lipinski definition) is 0. The lowest BCUT2D eigenvalue weighted by Gasteiger charge is -2.08. The first kappa shape index (κ1) is 13.3. The Hall–Kier alpha value is -0.800. The van der Waals surface area contributed by atoms with E-state index in [9.17, 15) is 4.79 Å². The molecule has 0 aliphatic heterocycles. The highest BCUT2D eigenvalue weighted by atomic mass is 32.2. The average molecular weight is 237 g/mol. The van der Waals surface area contributed by atoms with Gasteiger partial charge in [0.15, 0.2) is 5.78 Å². The Morgan fingerprint density at radius 2 is 1.94 bits per heavy atom. The van der Waals surface area contributed by atoms with Gasteiger partial charge < -0.3 is 4.90 Å². The molecule has 0 radical (unpaired) electrons. The lowest BCUT2D eigenvalue weighted by molar-refractivity contribution is 0.102. The van der Waals surface area contributed by atoms with Gasteiger partial charge in [-0.1, -0.05) is 30.3 Å². The molecule has 0 saturated carbocycles. The van der Waals surface area contributed by atoms with Crippen molar-refractivity contribution in [1.29, 1.82) is 0 Å². The molecule has 0 unspecified atom stereocenters. The summed E-state index contributed by atoms with van der Waals surface area (Å²) in [6, 6.07) is 9.50. The van der Waals surface area contributed by atoms with Crippen molar-refractivity contribution in [3.8, 4) is 0 Å². The third kappa shape index (κ3) is 5.33. The standard InChI is InChI=1S/C13H19NOS/c1-14(2)9-6-10-16-11-13(15)12-7-4-3-5-8-12/h3-5,7-8H,6,9-11H2,1-2H3. The number of carbonyl (C=O) groups excluding carboxylic acids is 1. The van der Waals surface area contributed by atoms with Crippen molar-refractivity contribution in [3.63, 3.8) is 0 Å². The number of ketones is 1. The topological polar surface area (TPSA) is 20.3 Å². The predicted octanol–water partition coefficient (Wildman–Crippen LogP) is 2.55. The van der Waals surface area contributed by atoms with Gasteiger partial charge in [-0.3, -0.25) is 4.79 Å². The minimum Gasteiger partial charge on any atom is -0.309 e. The Morgan fingerprint density at radius 1 is 1.25 bits per heavy atom. The lowest BCUT2D eigenvalue weighted by Crippen LogP contribution is -2.13. The molecule has 0 atom stereocenters. The molecule has 88 valence electrons. The van der Waals surface area contributed by atoms with E-state index in [4.69, 9.17) is 0 Å². The number of thioether (sulfide) groups is 1. The Bertz CT molecular complexity index is 311. The number of nitrogens with zero attached hydrogens (tertiary/aromatic N) is 1. The van der Waals surface area contributed by atoms with E-state index in [1.165, 1.54) is 0 Å². The summed E-state index contributed by atoms with van der Waals surface area (Å²) in [6.45, 7) is 1.09. The number of rotatable bonds is 7. The molecule has 0 fully saturated rings. The van der Waals surface area contributed by atoms with E-state index in [0.29, 0.717) is 5.75 Å². The second-order valence-corrected chi connectivity index (χ2v) is 5.10. The van der Waals surface area contributed by atoms with Gasteiger partial charge >= 0.3 is 0 Å². The first-order valence-electron chi connectivity index (χ1n) is 5.51. The van der Waals surface area contributed by atoms with E-state index in [1.54, 1.807) is 11.8 Å². The summed E-state index contributed by atoms with van der Waals surface area (Å²) in [6.07, 6.45) is 1.14. The molecule has 0 N–H and O–H groups in total. The Labute approximate surface area is 102 Å². The van der Waals surface area contributed by atoms with Crippen molar-refractivity contribution in [2.75, 3.05) is 32.1 Å². The van der Waals surface area contributed by atoms with Crippen molar-refractivity contribution in [3.05, 3.63) is 35.9 Å². The molecule has 0 aromatic heterocycles. The molecule has 0 aliphatic carbocycles. The largest absolute Gasteiger partial charge is 0.309 e. The van der Waals surface area contributed by atoms with E-state index in [0.717, 1.165) is 24.3 Å². The van der Waals surface area contributed by atoms with Crippen LogP contribution >= 0.6 is 11.8 Å². The van der Waals surface area contributed by atoms with Gasteiger partial charge in [-0.2, -0.15) is 11.8 Å². The first-order chi connectivity index (χ1) is 7.70. The molecule has 0 heterocycles. The Kier molecular flexibility index (Phi) is 6.19. The molecule has 0 amide bonds. The SMILES string of the molecule is CN(C)CCCSCC(=O)c1ccccc1. The molecule has 0 saturated heterocycles. The highest BCUT2D eigenvalue weighted by Gasteiger charge is 2.04. The van der Waals surface area contributed by atoms with Crippen LogP contribution in [0.25, 0.3) is 0 Å². The van der Waals surface area contributed by atoms with Gasteiger partial charge in [-0.25, -0.2) is 0 Å². The lowest BCUT2D eigenvalue weighted by atomic mass is 10.2. The monoisotopic (exact) mass is 237 g/mol. The van der Waals surface area contributed by atoms with E-state index in [-0.39, 0.29) is 5.78 Å². The maximum absolute atomic E-state index is 11.7. The highest BCUT2D eigenvalue weighted by Crippen LogP contribution is 2.08. The maximum atomic E-state index is 11.7. The number of Topliss-reactive ketones (excluding diaryl/α,β-unsaturated/α-hetero) is 1. The molecule has 3 heteroatoms. The molecule has 1 rings (SSSR count). The van der Waals surface area contributed by atoms with E-state index in [1.807, 2.05) is 30.3 Å². The van der Waals surface area contributed by atoms with Crippen molar-refractivity contribution >= 4 is 17.5 Å². The third-order valence-electron chi connectivity index (χ3n) is 2.22. The molecule has 0 aliphatic rings. The summed E-state index contributed by atoms with van der Waals surface area (Å²) < 4.78 is 0. The molecule has 0 bridgehead atoms. The molecule has 2 nitrogen and oxygen atoms in total. The van der Waals surface area contributed by atoms with E-state index < -0.39 is 0 Å². The zero-order valence-electron chi connectivity index (χ0n) is 9.98. The third-order valence-corrected chi connectivity index (χ3v) is 3.27. The summed E-state index contributed by atoms with van der Waals surface area (Å²) >= 11 is 1.72. The molecule has 16 heavy (non-hydrogen) atoms. The minimum atomic E-state index is 0.232. The maximum Gasteiger partial charge on any atom is 0.172 e. The fourth-order valence-electron chi connectivity index (χ4n) is 1.36. The Balaban J connectivity index is 2.16. The fraction of sp³-hybridized carbons (Fsp3) is 0.462. The second-order valence-electron chi connectivity index (χ2n) is 4.00. The van der Waals surface area contributed by atoms with Crippen LogP contribution in [-0.4, -0.2) is 42.8 Å². The van der Waals surface area contributed by atoms with Crippen molar-refractivity contribution < 1.29 is 4.79 Å². The molecule has 1 aromatic rings. The highest BCUT2D eigenvalue weighted by molar-refractivity contribution is 7.99. The smallest absolute Gasteiger partial charge is 0.172 e. The van der Waals surface area contributed by atoms with Crippen LogP contribution in [0, 0.1) is 0 Å². The van der Waals surface area contributed by atoms with Gasteiger partial charge in [-0.15, -0.1) is 0 Å². The van der Waals surface area contributed by atoms with Crippen LogP contribution in [-0.2, 0) is 0 Å². The molecule has 1 aromatic carbocycles. The van der Waals surface area contributed by atoms with Gasteiger partial charge in [0, 0.05) is 5.56 Å². The zero-order valence-corrected chi connectivity index (χ0v) is 10.8. The molecular weight excluding hydrogens is 218 g/mol. The van der Waals surface area contributed by atoms with Crippen LogP contribution in [0.5, 0.6) is 0 Å². The van der Waals surface area contributed by atoms with Gasteiger partial charge in [-0.05, 0) is 32.8 Å². The zero-order chi connectivity index (χ0) is 11.8. The van der Waals surface area contributed by atoms with E-state index in [2.05, 4.69) is 19.0 Å². The number of benzene rings is 1. The fourth-order valence-corrected chi connectivity index (χ4v) is 2.18. The van der Waals surface area contributed by atoms with Crippen molar-refractivity contribution in [2.45, 2.75) is 6.42 Å². The summed E-state index contributed by atoms with van der Waals surface area (Å²) in [5, 5.41) is 0. The second kappa shape index (κ2) is 7.47. The van der Waals surface area contributed by atoms with Crippen LogP contribution in [0.4, 0.5) is 0 Å². The van der Waals surface area contributed by atoms with Gasteiger partial charge in [0.25, 0.3) is 0 Å². The summed E-state index contributed by atoms with van der Waals surface area (Å²) in [7, 11) is 4.14. The normalized spacial score (nSPS) is 10.7. The summed E-state index contributed by atoms with van der Waals surface area (Å²) in [5.74, 6) is 1.88. The van der Waals surface area contributed by atoms with Crippen LogP contribution < -0.4 is 0 Å². The van der Waals surface area contributed by atoms with Gasteiger partial charge in [0.2, 0.25) is 0 Å². The van der Waals surface area contributed by atoms with Crippen LogP contribution in [0.15, 0.2) is 30.3 Å². The average Bonchev–Trinajstić information content (AvgIpc) is 2.29. The van der Waals surface area contributed by atoms with Crippen LogP contribution in [0.2, 0.25) is 0 Å². The molecule has 0 spiro atoms. The van der Waals surface area contributed by atoms with Gasteiger partial charge in [0.1, 0.15) is 0 Å². The van der Waals surface area contributed by atoms with Crippen molar-refractivity contribution in [2.24, 2.45) is 0 Å². The van der Waals surface area contributed by atoms with Crippen LogP contribution in [0.3, 0.4) is 0 Å². The summed E-state index contributed by atoms with van der Waals surface area (Å²) in [4.78, 5) is 13.9. The van der Waals surface area contributed by atoms with E-state index >= 15 is 0 Å². The number of carbonyl (C=O) groups is 1. The predicted molar refractivity (Wildman–Crippen MR) is 71.3 cm³/mol. The van der Waals surface area contributed by atoms with Crippen molar-refractivity contribution in [1.82, 2.24) is 4.90 Å².